The monoisotopic (exact) mass is 307 g/mol. The minimum absolute atomic E-state index is 0. The van der Waals surface area contributed by atoms with Crippen molar-refractivity contribution in [3.8, 4) is 0 Å². The summed E-state index contributed by atoms with van der Waals surface area (Å²) >= 11 is 0. The number of aromatic nitrogens is 4. The van der Waals surface area contributed by atoms with Gasteiger partial charge in [0.15, 0.2) is 0 Å². The maximum Gasteiger partial charge on any atom is 0.373 e. The Kier molecular flexibility index (Phi) is 7.57. The van der Waals surface area contributed by atoms with Crippen LogP contribution in [0.4, 0.5) is 0 Å². The van der Waals surface area contributed by atoms with Gasteiger partial charge in [-0.25, -0.2) is 29.5 Å². The van der Waals surface area contributed by atoms with Gasteiger partial charge in [0.05, 0.1) is 0 Å². The summed E-state index contributed by atoms with van der Waals surface area (Å²) in [5.41, 5.74) is 0. The minimum Gasteiger partial charge on any atom is -0.475 e. The molecule has 0 spiro atoms. The van der Waals surface area contributed by atoms with Crippen molar-refractivity contribution in [2.24, 2.45) is 0 Å². The molecule has 19 heavy (non-hydrogen) atoms. The summed E-state index contributed by atoms with van der Waals surface area (Å²) in [5.74, 6) is -2.54. The van der Waals surface area contributed by atoms with Crippen LogP contribution in [-0.2, 0) is 16.8 Å². The van der Waals surface area contributed by atoms with Crippen LogP contribution in [0, 0.1) is 0 Å². The van der Waals surface area contributed by atoms with E-state index >= 15 is 0 Å². The Hall–Kier alpha value is -2.39. The maximum atomic E-state index is 10.1. The molecule has 2 aromatic rings. The minimum atomic E-state index is -1.10. The first-order valence-corrected chi connectivity index (χ1v) is 4.62. The van der Waals surface area contributed by atoms with Crippen LogP contribution in [0.15, 0.2) is 36.9 Å². The second-order valence-corrected chi connectivity index (χ2v) is 2.76. The molecule has 0 saturated carbocycles. The largest absolute Gasteiger partial charge is 0.475 e. The molecule has 9 heteroatoms. The molecule has 2 rings (SSSR count). The van der Waals surface area contributed by atoms with Gasteiger partial charge in [-0.3, -0.25) is 0 Å². The Labute approximate surface area is 117 Å². The van der Waals surface area contributed by atoms with Gasteiger partial charge < -0.3 is 10.2 Å². The Morgan fingerprint density at radius 2 is 1.00 bits per heavy atom. The zero-order valence-corrected chi connectivity index (χ0v) is 10.3. The summed E-state index contributed by atoms with van der Waals surface area (Å²) in [4.78, 5) is 34.0. The van der Waals surface area contributed by atoms with Gasteiger partial charge >= 0.3 is 11.9 Å². The van der Waals surface area contributed by atoms with E-state index in [0.717, 1.165) is 0 Å². The third kappa shape index (κ3) is 6.19. The molecule has 0 unspecified atom stereocenters. The van der Waals surface area contributed by atoms with Crippen LogP contribution in [0.25, 0.3) is 0 Å². The van der Waals surface area contributed by atoms with Crippen molar-refractivity contribution >= 4 is 11.9 Å². The molecule has 0 atom stereocenters. The van der Waals surface area contributed by atoms with Crippen molar-refractivity contribution in [1.82, 2.24) is 19.9 Å². The molecular weight excluding hydrogens is 299 g/mol. The average Bonchev–Trinajstić information content (AvgIpc) is 2.41. The predicted molar refractivity (Wildman–Crippen MR) is 58.0 cm³/mol. The summed E-state index contributed by atoms with van der Waals surface area (Å²) in [6, 6.07) is 3.12. The fourth-order valence-electron chi connectivity index (χ4n) is 0.819. The molecule has 0 amide bonds. The topological polar surface area (TPSA) is 126 Å². The first-order chi connectivity index (χ1) is 8.61. The van der Waals surface area contributed by atoms with E-state index in [1.54, 1.807) is 12.1 Å². The molecule has 0 aliphatic rings. The van der Waals surface area contributed by atoms with E-state index in [0.29, 0.717) is 0 Å². The predicted octanol–water partition coefficient (Wildman–Crippen LogP) is 0.347. The van der Waals surface area contributed by atoms with Gasteiger partial charge in [-0.05, 0) is 12.1 Å². The van der Waals surface area contributed by atoms with Gasteiger partial charge in [-0.1, -0.05) is 0 Å². The molecule has 0 saturated heterocycles. The van der Waals surface area contributed by atoms with E-state index < -0.39 is 11.9 Å². The zero-order chi connectivity index (χ0) is 13.4. The van der Waals surface area contributed by atoms with Crippen LogP contribution >= 0.6 is 0 Å². The Balaban J connectivity index is 0.000000324. The van der Waals surface area contributed by atoms with Crippen molar-refractivity contribution < 1.29 is 36.6 Å². The molecule has 0 aromatic carbocycles. The van der Waals surface area contributed by atoms with Gasteiger partial charge in [0.1, 0.15) is 0 Å². The van der Waals surface area contributed by atoms with Crippen LogP contribution in [0.5, 0.6) is 0 Å². The fraction of sp³-hybridized carbons (Fsp3) is 0. The second-order valence-electron chi connectivity index (χ2n) is 2.76. The summed E-state index contributed by atoms with van der Waals surface area (Å²) in [7, 11) is 0. The Morgan fingerprint density at radius 3 is 1.16 bits per heavy atom. The molecule has 101 valence electrons. The molecule has 1 radical (unpaired) electrons. The van der Waals surface area contributed by atoms with E-state index in [1.807, 2.05) is 0 Å². The molecule has 0 aliphatic heterocycles. The SMILES string of the molecule is O=C(O)c1ncccn1.O=C(O)c1ncccn1.[Co]. The van der Waals surface area contributed by atoms with Crippen molar-refractivity contribution in [3.63, 3.8) is 0 Å². The average molecular weight is 307 g/mol. The number of carboxylic acid groups (broad SMARTS) is 2. The molecule has 2 aromatic heterocycles. The molecule has 0 aliphatic carbocycles. The van der Waals surface area contributed by atoms with E-state index in [4.69, 9.17) is 10.2 Å². The van der Waals surface area contributed by atoms with Gasteiger partial charge in [0, 0.05) is 41.6 Å². The van der Waals surface area contributed by atoms with E-state index in [-0.39, 0.29) is 28.4 Å². The summed E-state index contributed by atoms with van der Waals surface area (Å²) in [6.07, 6.45) is 5.54. The van der Waals surface area contributed by atoms with Crippen molar-refractivity contribution in [3.05, 3.63) is 48.6 Å². The van der Waals surface area contributed by atoms with Gasteiger partial charge in [0.2, 0.25) is 11.6 Å². The number of aromatic carboxylic acids is 2. The van der Waals surface area contributed by atoms with Crippen molar-refractivity contribution in [2.75, 3.05) is 0 Å². The van der Waals surface area contributed by atoms with Crippen LogP contribution in [-0.4, -0.2) is 42.1 Å². The second kappa shape index (κ2) is 8.66. The fourth-order valence-corrected chi connectivity index (χ4v) is 0.819. The molecule has 8 nitrogen and oxygen atoms in total. The first-order valence-electron chi connectivity index (χ1n) is 4.62. The summed E-state index contributed by atoms with van der Waals surface area (Å²) in [6.45, 7) is 0. The van der Waals surface area contributed by atoms with Crippen molar-refractivity contribution in [2.45, 2.75) is 0 Å². The molecule has 2 N–H and O–H groups in total. The number of nitrogens with zero attached hydrogens (tertiary/aromatic N) is 4. The van der Waals surface area contributed by atoms with Crippen LogP contribution in [0.3, 0.4) is 0 Å². The molecule has 0 bridgehead atoms. The number of hydrogen-bond donors (Lipinski definition) is 2. The van der Waals surface area contributed by atoms with Gasteiger partial charge in [-0.2, -0.15) is 0 Å². The van der Waals surface area contributed by atoms with Crippen LogP contribution < -0.4 is 0 Å². The van der Waals surface area contributed by atoms with Crippen molar-refractivity contribution in [1.29, 1.82) is 0 Å². The van der Waals surface area contributed by atoms with E-state index in [2.05, 4.69) is 19.9 Å². The summed E-state index contributed by atoms with van der Waals surface area (Å²) < 4.78 is 0. The number of hydrogen-bond acceptors (Lipinski definition) is 6. The Bertz CT molecular complexity index is 474. The van der Waals surface area contributed by atoms with Crippen LogP contribution in [0.2, 0.25) is 0 Å². The van der Waals surface area contributed by atoms with E-state index in [9.17, 15) is 9.59 Å². The van der Waals surface area contributed by atoms with Crippen LogP contribution in [0.1, 0.15) is 21.2 Å². The third-order valence-electron chi connectivity index (χ3n) is 1.51. The number of carboxylic acids is 2. The molecule has 0 fully saturated rings. The third-order valence-corrected chi connectivity index (χ3v) is 1.51. The Morgan fingerprint density at radius 1 is 0.737 bits per heavy atom. The number of carbonyl (C=O) groups is 2. The quantitative estimate of drug-likeness (QED) is 0.813. The van der Waals surface area contributed by atoms with Gasteiger partial charge in [0.25, 0.3) is 0 Å². The molecular formula is C10H8CoN4O4. The van der Waals surface area contributed by atoms with E-state index in [1.165, 1.54) is 24.8 Å². The summed E-state index contributed by atoms with van der Waals surface area (Å²) in [5, 5.41) is 16.5. The normalized spacial score (nSPS) is 8.42. The smallest absolute Gasteiger partial charge is 0.373 e. The zero-order valence-electron chi connectivity index (χ0n) is 9.30. The standard InChI is InChI=1S/2C5H4N2O2.Co/c2*8-5(9)4-6-2-1-3-7-4;/h2*1-3H,(H,8,9);. The first kappa shape index (κ1) is 16.6. The maximum absolute atomic E-state index is 10.1. The molecule has 2 heterocycles. The van der Waals surface area contributed by atoms with Gasteiger partial charge in [-0.15, -0.1) is 0 Å². The number of rotatable bonds is 2.